The summed E-state index contributed by atoms with van der Waals surface area (Å²) in [6, 6.07) is 8.23. The zero-order valence-corrected chi connectivity index (χ0v) is 12.5. The Kier molecular flexibility index (Phi) is 3.18. The molecule has 0 amide bonds. The molecule has 0 bridgehead atoms. The van der Waals surface area contributed by atoms with Crippen molar-refractivity contribution >= 4 is 0 Å². The van der Waals surface area contributed by atoms with E-state index in [-0.39, 0.29) is 0 Å². The maximum absolute atomic E-state index is 5.82. The van der Waals surface area contributed by atoms with Crippen molar-refractivity contribution in [3.63, 3.8) is 0 Å². The van der Waals surface area contributed by atoms with Crippen molar-refractivity contribution in [2.75, 3.05) is 0 Å². The molecule has 0 spiro atoms. The minimum Gasteiger partial charge on any atom is -0.486 e. The van der Waals surface area contributed by atoms with Crippen LogP contribution in [0.4, 0.5) is 0 Å². The summed E-state index contributed by atoms with van der Waals surface area (Å²) < 4.78 is 12.9. The summed E-state index contributed by atoms with van der Waals surface area (Å²) in [7, 11) is 1.88. The number of aryl methyl sites for hydroxylation is 3. The Labute approximate surface area is 128 Å². The zero-order chi connectivity index (χ0) is 14.9. The molecule has 0 saturated heterocycles. The van der Waals surface area contributed by atoms with Crippen LogP contribution in [0.3, 0.4) is 0 Å². The smallest absolute Gasteiger partial charge is 0.174 e. The fourth-order valence-electron chi connectivity index (χ4n) is 2.86. The number of ether oxygens (including phenoxy) is 1. The minimum atomic E-state index is 0.381. The molecule has 0 unspecified atom stereocenters. The predicted octanol–water partition coefficient (Wildman–Crippen LogP) is 3.14. The lowest BCUT2D eigenvalue weighted by atomic mass is 10.1. The van der Waals surface area contributed by atoms with E-state index >= 15 is 0 Å². The summed E-state index contributed by atoms with van der Waals surface area (Å²) in [6.45, 7) is 0.381. The van der Waals surface area contributed by atoms with E-state index in [1.807, 2.05) is 25.4 Å². The van der Waals surface area contributed by atoms with Crippen molar-refractivity contribution in [3.05, 3.63) is 53.5 Å². The molecule has 1 aromatic carbocycles. The van der Waals surface area contributed by atoms with Crippen LogP contribution in [-0.2, 0) is 26.5 Å². The van der Waals surface area contributed by atoms with E-state index in [4.69, 9.17) is 9.26 Å². The van der Waals surface area contributed by atoms with Crippen LogP contribution in [0.5, 0.6) is 5.75 Å². The Bertz CT molecular complexity index is 804. The number of benzene rings is 1. The second-order valence-corrected chi connectivity index (χ2v) is 5.65. The lowest BCUT2D eigenvalue weighted by molar-refractivity contribution is 0.249. The average Bonchev–Trinajstić information content (AvgIpc) is 3.24. The highest BCUT2D eigenvalue weighted by atomic mass is 16.5. The molecule has 22 heavy (non-hydrogen) atoms. The van der Waals surface area contributed by atoms with Crippen molar-refractivity contribution < 1.29 is 9.26 Å². The largest absolute Gasteiger partial charge is 0.486 e. The van der Waals surface area contributed by atoms with Gasteiger partial charge in [-0.3, -0.25) is 4.68 Å². The molecule has 0 radical (unpaired) electrons. The quantitative estimate of drug-likeness (QED) is 0.742. The van der Waals surface area contributed by atoms with Gasteiger partial charge in [-0.05, 0) is 42.5 Å². The average molecular weight is 295 g/mol. The lowest BCUT2D eigenvalue weighted by Gasteiger charge is -2.06. The Morgan fingerprint density at radius 1 is 1.23 bits per heavy atom. The fraction of sp³-hybridized carbons (Fsp3) is 0.294. The zero-order valence-electron chi connectivity index (χ0n) is 12.5. The Morgan fingerprint density at radius 3 is 3.00 bits per heavy atom. The number of hydrogen-bond donors (Lipinski definition) is 0. The monoisotopic (exact) mass is 295 g/mol. The van der Waals surface area contributed by atoms with E-state index in [9.17, 15) is 0 Å². The van der Waals surface area contributed by atoms with Crippen molar-refractivity contribution in [2.45, 2.75) is 25.9 Å². The van der Waals surface area contributed by atoms with Gasteiger partial charge in [0.1, 0.15) is 18.1 Å². The van der Waals surface area contributed by atoms with Gasteiger partial charge in [0.05, 0.1) is 6.20 Å². The van der Waals surface area contributed by atoms with E-state index in [0.717, 1.165) is 23.4 Å². The van der Waals surface area contributed by atoms with Crippen molar-refractivity contribution in [1.29, 1.82) is 0 Å². The number of aromatic nitrogens is 3. The standard InChI is InChI=1S/C17H17N3O2/c1-20-10-14(9-18-20)17-8-16(22-19-17)11-21-15-6-5-12-3-2-4-13(12)7-15/h5-10H,2-4,11H2,1H3. The van der Waals surface area contributed by atoms with Crippen molar-refractivity contribution in [2.24, 2.45) is 7.05 Å². The van der Waals surface area contributed by atoms with Crippen LogP contribution in [0.1, 0.15) is 23.3 Å². The van der Waals surface area contributed by atoms with Crippen molar-refractivity contribution in [1.82, 2.24) is 14.9 Å². The van der Waals surface area contributed by atoms with Crippen LogP contribution < -0.4 is 4.74 Å². The minimum absolute atomic E-state index is 0.381. The van der Waals surface area contributed by atoms with Crippen LogP contribution in [0.25, 0.3) is 11.3 Å². The summed E-state index contributed by atoms with van der Waals surface area (Å²) in [6.07, 6.45) is 7.26. The van der Waals surface area contributed by atoms with Gasteiger partial charge in [-0.25, -0.2) is 0 Å². The van der Waals surface area contributed by atoms with Gasteiger partial charge in [-0.15, -0.1) is 0 Å². The topological polar surface area (TPSA) is 53.1 Å². The van der Waals surface area contributed by atoms with Gasteiger partial charge in [0.25, 0.3) is 0 Å². The van der Waals surface area contributed by atoms with Crippen molar-refractivity contribution in [3.8, 4) is 17.0 Å². The van der Waals surface area contributed by atoms with Crippen LogP contribution in [0.2, 0.25) is 0 Å². The normalized spacial score (nSPS) is 13.3. The molecule has 1 aliphatic rings. The van der Waals surface area contributed by atoms with Gasteiger partial charge in [0.2, 0.25) is 0 Å². The van der Waals surface area contributed by atoms with Gasteiger partial charge in [-0.1, -0.05) is 11.2 Å². The first-order valence-electron chi connectivity index (χ1n) is 7.47. The molecule has 2 heterocycles. The van der Waals surface area contributed by atoms with E-state index in [1.165, 1.54) is 24.0 Å². The molecule has 0 aliphatic heterocycles. The first-order chi connectivity index (χ1) is 10.8. The van der Waals surface area contributed by atoms with Crippen LogP contribution in [0.15, 0.2) is 41.2 Å². The third-order valence-electron chi connectivity index (χ3n) is 4.01. The number of rotatable bonds is 4. The van der Waals surface area contributed by atoms with Gasteiger partial charge in [0.15, 0.2) is 5.76 Å². The first kappa shape index (κ1) is 13.1. The maximum atomic E-state index is 5.82. The maximum Gasteiger partial charge on any atom is 0.174 e. The highest BCUT2D eigenvalue weighted by Crippen LogP contribution is 2.26. The molecule has 2 aromatic heterocycles. The van der Waals surface area contributed by atoms with E-state index in [1.54, 1.807) is 10.9 Å². The van der Waals surface area contributed by atoms with E-state index < -0.39 is 0 Å². The molecule has 0 N–H and O–H groups in total. The molecule has 5 nitrogen and oxygen atoms in total. The van der Waals surface area contributed by atoms with E-state index in [2.05, 4.69) is 22.4 Å². The second kappa shape index (κ2) is 5.33. The Morgan fingerprint density at radius 2 is 2.14 bits per heavy atom. The first-order valence-corrected chi connectivity index (χ1v) is 7.47. The molecule has 112 valence electrons. The number of nitrogens with zero attached hydrogens (tertiary/aromatic N) is 3. The molecule has 3 aromatic rings. The highest BCUT2D eigenvalue weighted by molar-refractivity contribution is 5.56. The fourth-order valence-corrected chi connectivity index (χ4v) is 2.86. The summed E-state index contributed by atoms with van der Waals surface area (Å²) >= 11 is 0. The third-order valence-corrected chi connectivity index (χ3v) is 4.01. The molecular formula is C17H17N3O2. The Hall–Kier alpha value is -2.56. The second-order valence-electron chi connectivity index (χ2n) is 5.65. The van der Waals surface area contributed by atoms with Gasteiger partial charge in [0, 0.05) is 24.9 Å². The SMILES string of the molecule is Cn1cc(-c2cc(COc3ccc4c(c3)CCC4)on2)cn1. The molecule has 0 atom stereocenters. The highest BCUT2D eigenvalue weighted by Gasteiger charge is 2.12. The predicted molar refractivity (Wildman–Crippen MR) is 81.5 cm³/mol. The summed E-state index contributed by atoms with van der Waals surface area (Å²) in [5, 5.41) is 8.19. The summed E-state index contributed by atoms with van der Waals surface area (Å²) in [4.78, 5) is 0. The van der Waals surface area contributed by atoms with Crippen LogP contribution in [0, 0.1) is 0 Å². The molecular weight excluding hydrogens is 278 g/mol. The van der Waals surface area contributed by atoms with Crippen LogP contribution >= 0.6 is 0 Å². The molecule has 5 heteroatoms. The Balaban J connectivity index is 1.45. The van der Waals surface area contributed by atoms with Crippen LogP contribution in [-0.4, -0.2) is 14.9 Å². The van der Waals surface area contributed by atoms with Gasteiger partial charge >= 0.3 is 0 Å². The van der Waals surface area contributed by atoms with Gasteiger partial charge < -0.3 is 9.26 Å². The third kappa shape index (κ3) is 2.50. The number of fused-ring (bicyclic) bond motifs is 1. The molecule has 1 aliphatic carbocycles. The van der Waals surface area contributed by atoms with E-state index in [0.29, 0.717) is 12.4 Å². The molecule has 0 saturated carbocycles. The van der Waals surface area contributed by atoms with Gasteiger partial charge in [-0.2, -0.15) is 5.10 Å². The molecule has 0 fully saturated rings. The lowest BCUT2D eigenvalue weighted by Crippen LogP contribution is -1.94. The summed E-state index contributed by atoms with van der Waals surface area (Å²) in [5.41, 5.74) is 4.58. The molecule has 4 rings (SSSR count). The summed E-state index contributed by atoms with van der Waals surface area (Å²) in [5.74, 6) is 1.60. The number of hydrogen-bond acceptors (Lipinski definition) is 4.